The molecule has 27 heavy (non-hydrogen) atoms. The van der Waals surface area contributed by atoms with Gasteiger partial charge in [-0.05, 0) is 49.2 Å². The van der Waals surface area contributed by atoms with Crippen molar-refractivity contribution >= 4 is 29.1 Å². The lowest BCUT2D eigenvalue weighted by molar-refractivity contribution is -0.117. The van der Waals surface area contributed by atoms with Crippen molar-refractivity contribution in [1.82, 2.24) is 5.32 Å². The summed E-state index contributed by atoms with van der Waals surface area (Å²) in [5.41, 5.74) is 2.15. The second kappa shape index (κ2) is 8.19. The Labute approximate surface area is 157 Å². The van der Waals surface area contributed by atoms with Crippen molar-refractivity contribution in [3.05, 3.63) is 59.7 Å². The Bertz CT molecular complexity index is 926. The van der Waals surface area contributed by atoms with Gasteiger partial charge in [-0.1, -0.05) is 18.1 Å². The van der Waals surface area contributed by atoms with E-state index in [0.717, 1.165) is 12.8 Å². The summed E-state index contributed by atoms with van der Waals surface area (Å²) < 4.78 is 0. The molecule has 1 saturated carbocycles. The molecule has 1 aliphatic rings. The van der Waals surface area contributed by atoms with Crippen molar-refractivity contribution in [2.45, 2.75) is 12.8 Å². The molecule has 3 rings (SSSR count). The second-order valence-corrected chi connectivity index (χ2v) is 6.30. The number of carbonyl (C=O) groups excluding carboxylic acids is 3. The van der Waals surface area contributed by atoms with Crippen molar-refractivity contribution in [2.24, 2.45) is 5.92 Å². The highest BCUT2D eigenvalue weighted by Gasteiger charge is 2.29. The van der Waals surface area contributed by atoms with Gasteiger partial charge in [-0.25, -0.2) is 0 Å². The van der Waals surface area contributed by atoms with Crippen LogP contribution in [0.15, 0.2) is 48.5 Å². The summed E-state index contributed by atoms with van der Waals surface area (Å²) in [4.78, 5) is 36.1. The van der Waals surface area contributed by atoms with Crippen molar-refractivity contribution in [3.8, 4) is 12.3 Å². The molecule has 1 fully saturated rings. The highest BCUT2D eigenvalue weighted by molar-refractivity contribution is 6.01. The molecule has 3 N–H and O–H groups in total. The van der Waals surface area contributed by atoms with Crippen molar-refractivity contribution in [2.75, 3.05) is 17.2 Å². The number of nitrogens with one attached hydrogen (secondary N) is 3. The third kappa shape index (κ3) is 5.19. The Morgan fingerprint density at radius 1 is 1.00 bits per heavy atom. The van der Waals surface area contributed by atoms with Gasteiger partial charge in [0.15, 0.2) is 0 Å². The molecule has 3 amide bonds. The predicted molar refractivity (Wildman–Crippen MR) is 103 cm³/mol. The summed E-state index contributed by atoms with van der Waals surface area (Å²) in [5, 5.41) is 8.03. The average Bonchev–Trinajstić information content (AvgIpc) is 3.52. The smallest absolute Gasteiger partial charge is 0.251 e. The number of anilines is 2. The molecule has 0 heterocycles. The molecule has 6 nitrogen and oxygen atoms in total. The summed E-state index contributed by atoms with van der Waals surface area (Å²) >= 11 is 0. The Kier molecular flexibility index (Phi) is 5.53. The topological polar surface area (TPSA) is 87.3 Å². The van der Waals surface area contributed by atoms with Gasteiger partial charge in [0.05, 0.1) is 6.54 Å². The van der Waals surface area contributed by atoms with E-state index < -0.39 is 5.91 Å². The van der Waals surface area contributed by atoms with Gasteiger partial charge in [-0.2, -0.15) is 0 Å². The Morgan fingerprint density at radius 3 is 2.41 bits per heavy atom. The van der Waals surface area contributed by atoms with E-state index in [4.69, 9.17) is 6.42 Å². The van der Waals surface area contributed by atoms with E-state index in [2.05, 4.69) is 21.9 Å². The molecule has 0 spiro atoms. The highest BCUT2D eigenvalue weighted by atomic mass is 16.2. The molecule has 0 aromatic heterocycles. The maximum Gasteiger partial charge on any atom is 0.251 e. The van der Waals surface area contributed by atoms with Gasteiger partial charge >= 0.3 is 0 Å². The van der Waals surface area contributed by atoms with Crippen molar-refractivity contribution < 1.29 is 14.4 Å². The van der Waals surface area contributed by atoms with E-state index >= 15 is 0 Å². The number of terminal acetylenes is 1. The molecule has 0 bridgehead atoms. The number of carbonyl (C=O) groups is 3. The lowest BCUT2D eigenvalue weighted by atomic mass is 10.2. The molecular weight excluding hydrogens is 342 g/mol. The van der Waals surface area contributed by atoms with Crippen LogP contribution in [0.4, 0.5) is 11.4 Å². The van der Waals surface area contributed by atoms with Crippen LogP contribution >= 0.6 is 0 Å². The van der Waals surface area contributed by atoms with E-state index in [1.165, 1.54) is 0 Å². The molecule has 0 radical (unpaired) electrons. The summed E-state index contributed by atoms with van der Waals surface area (Å²) in [7, 11) is 0. The molecule has 6 heteroatoms. The zero-order valence-electron chi connectivity index (χ0n) is 14.6. The van der Waals surface area contributed by atoms with E-state index in [0.29, 0.717) is 22.5 Å². The standard InChI is InChI=1S/C21H19N3O3/c1-2-14-5-3-7-17(11-14)23-19(25)13-22-20(26)16-6-4-8-18(12-16)24-21(27)15-9-10-15/h1,3-8,11-12,15H,9-10,13H2,(H,22,26)(H,23,25)(H,24,27). The van der Waals surface area contributed by atoms with Crippen LogP contribution in [-0.2, 0) is 9.59 Å². The van der Waals surface area contributed by atoms with Crippen molar-refractivity contribution in [3.63, 3.8) is 0 Å². The first-order valence-electron chi connectivity index (χ1n) is 8.61. The van der Waals surface area contributed by atoms with Crippen LogP contribution in [0.2, 0.25) is 0 Å². The van der Waals surface area contributed by atoms with Crippen LogP contribution in [0.5, 0.6) is 0 Å². The zero-order chi connectivity index (χ0) is 19.2. The van der Waals surface area contributed by atoms with Gasteiger partial charge in [-0.3, -0.25) is 14.4 Å². The molecule has 0 unspecified atom stereocenters. The van der Waals surface area contributed by atoms with Crippen LogP contribution in [0.1, 0.15) is 28.8 Å². The molecular formula is C21H19N3O3. The monoisotopic (exact) mass is 361 g/mol. The van der Waals surface area contributed by atoms with Crippen LogP contribution in [0.25, 0.3) is 0 Å². The quantitative estimate of drug-likeness (QED) is 0.691. The molecule has 136 valence electrons. The van der Waals surface area contributed by atoms with Crippen LogP contribution < -0.4 is 16.0 Å². The fourth-order valence-corrected chi connectivity index (χ4v) is 2.48. The first kappa shape index (κ1) is 18.2. The van der Waals surface area contributed by atoms with Crippen molar-refractivity contribution in [1.29, 1.82) is 0 Å². The molecule has 0 atom stereocenters. The third-order valence-electron chi connectivity index (χ3n) is 4.06. The number of benzene rings is 2. The summed E-state index contributed by atoms with van der Waals surface area (Å²) in [6.45, 7) is -0.183. The van der Waals surface area contributed by atoms with E-state index in [9.17, 15) is 14.4 Å². The lowest BCUT2D eigenvalue weighted by Gasteiger charge is -2.09. The molecule has 2 aromatic rings. The minimum absolute atomic E-state index is 0.0267. The van der Waals surface area contributed by atoms with Crippen LogP contribution in [-0.4, -0.2) is 24.3 Å². The number of rotatable bonds is 6. The Morgan fingerprint density at radius 2 is 1.70 bits per heavy atom. The first-order valence-corrected chi connectivity index (χ1v) is 8.61. The van der Waals surface area contributed by atoms with Gasteiger partial charge < -0.3 is 16.0 Å². The lowest BCUT2D eigenvalue weighted by Crippen LogP contribution is -2.32. The van der Waals surface area contributed by atoms with Gasteiger partial charge in [0, 0.05) is 28.4 Å². The third-order valence-corrected chi connectivity index (χ3v) is 4.06. The normalized spacial score (nSPS) is 12.6. The highest BCUT2D eigenvalue weighted by Crippen LogP contribution is 2.30. The maximum absolute atomic E-state index is 12.3. The zero-order valence-corrected chi connectivity index (χ0v) is 14.6. The van der Waals surface area contributed by atoms with E-state index in [1.54, 1.807) is 48.5 Å². The summed E-state index contributed by atoms with van der Waals surface area (Å²) in [6.07, 6.45) is 7.14. The van der Waals surface area contributed by atoms with Crippen LogP contribution in [0, 0.1) is 18.3 Å². The maximum atomic E-state index is 12.3. The van der Waals surface area contributed by atoms with Gasteiger partial charge in [0.25, 0.3) is 5.91 Å². The molecule has 1 aliphatic carbocycles. The first-order chi connectivity index (χ1) is 13.0. The van der Waals surface area contributed by atoms with Gasteiger partial charge in [0.2, 0.25) is 11.8 Å². The summed E-state index contributed by atoms with van der Waals surface area (Å²) in [6, 6.07) is 13.5. The SMILES string of the molecule is C#Cc1cccc(NC(=O)CNC(=O)c2cccc(NC(=O)C3CC3)c2)c1. The molecule has 2 aromatic carbocycles. The van der Waals surface area contributed by atoms with Crippen LogP contribution in [0.3, 0.4) is 0 Å². The number of amides is 3. The summed E-state index contributed by atoms with van der Waals surface area (Å²) in [5.74, 6) is 1.78. The molecule has 0 aliphatic heterocycles. The fraction of sp³-hybridized carbons (Fsp3) is 0.190. The van der Waals surface area contributed by atoms with E-state index in [-0.39, 0.29) is 24.3 Å². The number of hydrogen-bond acceptors (Lipinski definition) is 3. The minimum atomic E-state index is -0.398. The minimum Gasteiger partial charge on any atom is -0.343 e. The van der Waals surface area contributed by atoms with Gasteiger partial charge in [0.1, 0.15) is 0 Å². The van der Waals surface area contributed by atoms with E-state index in [1.807, 2.05) is 0 Å². The second-order valence-electron chi connectivity index (χ2n) is 6.30. The Balaban J connectivity index is 1.53. The average molecular weight is 361 g/mol. The van der Waals surface area contributed by atoms with Gasteiger partial charge in [-0.15, -0.1) is 6.42 Å². The Hall–Kier alpha value is -3.59. The predicted octanol–water partition coefficient (Wildman–Crippen LogP) is 2.38. The molecule has 0 saturated heterocycles. The fourth-order valence-electron chi connectivity index (χ4n) is 2.48. The number of hydrogen-bond donors (Lipinski definition) is 3. The largest absolute Gasteiger partial charge is 0.343 e.